The Hall–Kier alpha value is -1.87. The van der Waals surface area contributed by atoms with Crippen LogP contribution < -0.4 is 5.32 Å². The molecule has 90 valence electrons. The normalized spacial score (nSPS) is 9.47. The van der Waals surface area contributed by atoms with Gasteiger partial charge in [0, 0.05) is 4.88 Å². The molecule has 0 saturated carbocycles. The van der Waals surface area contributed by atoms with Crippen molar-refractivity contribution in [1.82, 2.24) is 0 Å². The van der Waals surface area contributed by atoms with Gasteiger partial charge >= 0.3 is 5.97 Å². The molecule has 5 nitrogen and oxygen atoms in total. The van der Waals surface area contributed by atoms with Crippen molar-refractivity contribution in [2.24, 2.45) is 0 Å². The third-order valence-corrected chi connectivity index (χ3v) is 3.22. The standard InChI is InChI=1S/C11H12N2O3S/c1-3-7-6-8(11(15)16-2)10(17-7)13-9(14)4-5-12/h6H,3-4H2,1-2H3,(H,13,14). The van der Waals surface area contributed by atoms with E-state index in [1.165, 1.54) is 18.4 Å². The van der Waals surface area contributed by atoms with Crippen LogP contribution in [0, 0.1) is 11.3 Å². The SMILES string of the molecule is CCc1cc(C(=O)OC)c(NC(=O)CC#N)s1. The van der Waals surface area contributed by atoms with Crippen molar-refractivity contribution in [3.8, 4) is 6.07 Å². The van der Waals surface area contributed by atoms with Crippen molar-refractivity contribution in [3.63, 3.8) is 0 Å². The molecule has 0 unspecified atom stereocenters. The van der Waals surface area contributed by atoms with Crippen LogP contribution >= 0.6 is 11.3 Å². The summed E-state index contributed by atoms with van der Waals surface area (Å²) in [6.07, 6.45) is 0.531. The predicted octanol–water partition coefficient (Wildman–Crippen LogP) is 1.95. The number of hydrogen-bond acceptors (Lipinski definition) is 5. The molecule has 1 N–H and O–H groups in total. The number of ether oxygens (including phenoxy) is 1. The second-order valence-electron chi connectivity index (χ2n) is 3.18. The highest BCUT2D eigenvalue weighted by Crippen LogP contribution is 2.29. The number of hydrogen-bond donors (Lipinski definition) is 1. The van der Waals surface area contributed by atoms with Gasteiger partial charge < -0.3 is 10.1 Å². The van der Waals surface area contributed by atoms with Gasteiger partial charge in [-0.2, -0.15) is 5.26 Å². The van der Waals surface area contributed by atoms with Crippen molar-refractivity contribution >= 4 is 28.2 Å². The molecule has 0 saturated heterocycles. The number of amides is 1. The summed E-state index contributed by atoms with van der Waals surface area (Å²) < 4.78 is 4.63. The number of esters is 1. The molecule has 0 radical (unpaired) electrons. The molecule has 0 aliphatic heterocycles. The van der Waals surface area contributed by atoms with E-state index in [4.69, 9.17) is 5.26 Å². The molecule has 1 heterocycles. The molecule has 0 aliphatic rings. The fraction of sp³-hybridized carbons (Fsp3) is 0.364. The minimum atomic E-state index is -0.492. The van der Waals surface area contributed by atoms with Crippen LogP contribution in [0.25, 0.3) is 0 Å². The van der Waals surface area contributed by atoms with Gasteiger partial charge in [0.25, 0.3) is 0 Å². The highest BCUT2D eigenvalue weighted by Gasteiger charge is 2.17. The summed E-state index contributed by atoms with van der Waals surface area (Å²) in [5.41, 5.74) is 0.334. The van der Waals surface area contributed by atoms with Gasteiger partial charge in [-0.15, -0.1) is 11.3 Å². The zero-order valence-electron chi connectivity index (χ0n) is 9.57. The van der Waals surface area contributed by atoms with Crippen molar-refractivity contribution in [2.45, 2.75) is 19.8 Å². The number of nitrogens with zero attached hydrogens (tertiary/aromatic N) is 1. The summed E-state index contributed by atoms with van der Waals surface area (Å²) in [5.74, 6) is -0.921. The minimum absolute atomic E-state index is 0.236. The van der Waals surface area contributed by atoms with Gasteiger partial charge in [-0.1, -0.05) is 6.92 Å². The molecular weight excluding hydrogens is 240 g/mol. The van der Waals surface area contributed by atoms with Crippen LogP contribution in [0.1, 0.15) is 28.6 Å². The molecule has 0 spiro atoms. The first-order valence-electron chi connectivity index (χ1n) is 5.00. The molecule has 0 aliphatic carbocycles. The average Bonchev–Trinajstić information content (AvgIpc) is 2.71. The molecule has 1 aromatic rings. The second-order valence-corrected chi connectivity index (χ2v) is 4.32. The van der Waals surface area contributed by atoms with Crippen LogP contribution in [0.2, 0.25) is 0 Å². The number of nitrogens with one attached hydrogen (secondary N) is 1. The van der Waals surface area contributed by atoms with E-state index in [0.29, 0.717) is 10.6 Å². The fourth-order valence-electron chi connectivity index (χ4n) is 1.21. The Balaban J connectivity index is 2.97. The Bertz CT molecular complexity index is 474. The third kappa shape index (κ3) is 3.29. The fourth-order valence-corrected chi connectivity index (χ4v) is 2.21. The molecule has 0 bridgehead atoms. The van der Waals surface area contributed by atoms with Gasteiger partial charge in [0.15, 0.2) is 0 Å². The van der Waals surface area contributed by atoms with E-state index in [0.717, 1.165) is 11.3 Å². The van der Waals surface area contributed by atoms with Crippen molar-refractivity contribution < 1.29 is 14.3 Å². The Morgan fingerprint density at radius 3 is 2.82 bits per heavy atom. The lowest BCUT2D eigenvalue weighted by molar-refractivity contribution is -0.115. The van der Waals surface area contributed by atoms with E-state index in [9.17, 15) is 9.59 Å². The van der Waals surface area contributed by atoms with Crippen LogP contribution in [0.15, 0.2) is 6.07 Å². The molecule has 1 aromatic heterocycles. The Morgan fingerprint density at radius 1 is 1.59 bits per heavy atom. The number of nitriles is 1. The smallest absolute Gasteiger partial charge is 0.340 e. The first-order chi connectivity index (χ1) is 8.12. The zero-order valence-corrected chi connectivity index (χ0v) is 10.4. The minimum Gasteiger partial charge on any atom is -0.465 e. The monoisotopic (exact) mass is 252 g/mol. The highest BCUT2D eigenvalue weighted by atomic mass is 32.1. The second kappa shape index (κ2) is 6.01. The van der Waals surface area contributed by atoms with E-state index in [-0.39, 0.29) is 6.42 Å². The summed E-state index contributed by atoms with van der Waals surface area (Å²) in [6.45, 7) is 1.95. The molecule has 0 aromatic carbocycles. The predicted molar refractivity (Wildman–Crippen MR) is 63.9 cm³/mol. The number of methoxy groups -OCH3 is 1. The maximum Gasteiger partial charge on any atom is 0.340 e. The van der Waals surface area contributed by atoms with Crippen molar-refractivity contribution in [1.29, 1.82) is 5.26 Å². The topological polar surface area (TPSA) is 79.2 Å². The van der Waals surface area contributed by atoms with E-state index in [1.54, 1.807) is 12.1 Å². The van der Waals surface area contributed by atoms with Crippen molar-refractivity contribution in [3.05, 3.63) is 16.5 Å². The van der Waals surface area contributed by atoms with Gasteiger partial charge in [-0.25, -0.2) is 4.79 Å². The van der Waals surface area contributed by atoms with Gasteiger partial charge in [0.2, 0.25) is 5.91 Å². The van der Waals surface area contributed by atoms with E-state index < -0.39 is 11.9 Å². The maximum atomic E-state index is 11.5. The first kappa shape index (κ1) is 13.2. The highest BCUT2D eigenvalue weighted by molar-refractivity contribution is 7.16. The number of rotatable bonds is 4. The van der Waals surface area contributed by atoms with E-state index in [2.05, 4.69) is 10.1 Å². The number of aryl methyl sites for hydroxylation is 1. The summed E-state index contributed by atoms with van der Waals surface area (Å²) in [5, 5.41) is 11.4. The molecular formula is C11H12N2O3S. The largest absolute Gasteiger partial charge is 0.465 e. The number of carbonyl (C=O) groups excluding carboxylic acids is 2. The van der Waals surface area contributed by atoms with E-state index >= 15 is 0 Å². The van der Waals surface area contributed by atoms with Crippen LogP contribution in [0.4, 0.5) is 5.00 Å². The molecule has 0 fully saturated rings. The average molecular weight is 252 g/mol. The van der Waals surface area contributed by atoms with Crippen LogP contribution in [0.5, 0.6) is 0 Å². The lowest BCUT2D eigenvalue weighted by atomic mass is 10.2. The summed E-state index contributed by atoms with van der Waals surface area (Å²) in [4.78, 5) is 23.7. The first-order valence-corrected chi connectivity index (χ1v) is 5.81. The van der Waals surface area contributed by atoms with Gasteiger partial charge in [-0.05, 0) is 12.5 Å². The van der Waals surface area contributed by atoms with Gasteiger partial charge in [0.1, 0.15) is 11.4 Å². The van der Waals surface area contributed by atoms with Gasteiger partial charge in [0.05, 0.1) is 18.7 Å². The Kier molecular flexibility index (Phi) is 4.67. The Morgan fingerprint density at radius 2 is 2.29 bits per heavy atom. The molecule has 1 rings (SSSR count). The van der Waals surface area contributed by atoms with Gasteiger partial charge in [-0.3, -0.25) is 4.79 Å². The molecule has 17 heavy (non-hydrogen) atoms. The summed E-state index contributed by atoms with van der Waals surface area (Å²) in [6, 6.07) is 3.44. The molecule has 1 amide bonds. The van der Waals surface area contributed by atoms with Crippen LogP contribution in [-0.4, -0.2) is 19.0 Å². The number of anilines is 1. The van der Waals surface area contributed by atoms with Crippen LogP contribution in [0.3, 0.4) is 0 Å². The quantitative estimate of drug-likeness (QED) is 0.830. The number of carbonyl (C=O) groups is 2. The zero-order chi connectivity index (χ0) is 12.8. The summed E-state index contributed by atoms with van der Waals surface area (Å²) in [7, 11) is 1.28. The molecule has 6 heteroatoms. The summed E-state index contributed by atoms with van der Waals surface area (Å²) >= 11 is 1.32. The Labute approximate surface area is 103 Å². The van der Waals surface area contributed by atoms with E-state index in [1.807, 2.05) is 6.92 Å². The maximum absolute atomic E-state index is 11.5. The lowest BCUT2D eigenvalue weighted by Gasteiger charge is -2.02. The number of thiophene rings is 1. The third-order valence-electron chi connectivity index (χ3n) is 2.03. The lowest BCUT2D eigenvalue weighted by Crippen LogP contribution is -2.12. The molecule has 0 atom stereocenters. The van der Waals surface area contributed by atoms with Crippen molar-refractivity contribution in [2.75, 3.05) is 12.4 Å². The van der Waals surface area contributed by atoms with Crippen LogP contribution in [-0.2, 0) is 16.0 Å².